The fourth-order valence-electron chi connectivity index (χ4n) is 3.76. The van der Waals surface area contributed by atoms with Crippen molar-refractivity contribution in [1.82, 2.24) is 5.32 Å². The standard InChI is InChI=1S/C18H29NO/c1-6-19-17(15-8-7-11-18(15,3)4)14-12-13(2)9-10-16(14)20-5/h9-10,12,15,17,19H,6-8,11H2,1-5H3. The Morgan fingerprint density at radius 2 is 2.15 bits per heavy atom. The van der Waals surface area contributed by atoms with Gasteiger partial charge in [-0.05, 0) is 43.7 Å². The molecule has 2 atom stereocenters. The largest absolute Gasteiger partial charge is 0.496 e. The monoisotopic (exact) mass is 275 g/mol. The van der Waals surface area contributed by atoms with Gasteiger partial charge in [-0.2, -0.15) is 0 Å². The summed E-state index contributed by atoms with van der Waals surface area (Å²) in [6.45, 7) is 10.2. The molecule has 1 aliphatic rings. The molecule has 0 radical (unpaired) electrons. The van der Waals surface area contributed by atoms with Crippen LogP contribution in [0.25, 0.3) is 0 Å². The van der Waals surface area contributed by atoms with Crippen LogP contribution in [-0.2, 0) is 0 Å². The van der Waals surface area contributed by atoms with Gasteiger partial charge >= 0.3 is 0 Å². The first-order valence-electron chi connectivity index (χ1n) is 7.87. The molecule has 112 valence electrons. The molecule has 0 amide bonds. The highest BCUT2D eigenvalue weighted by Crippen LogP contribution is 2.49. The summed E-state index contributed by atoms with van der Waals surface area (Å²) in [5.74, 6) is 1.70. The van der Waals surface area contributed by atoms with Crippen LogP contribution in [0.15, 0.2) is 18.2 Å². The highest BCUT2D eigenvalue weighted by molar-refractivity contribution is 5.40. The lowest BCUT2D eigenvalue weighted by Gasteiger charge is -2.35. The number of hydrogen-bond acceptors (Lipinski definition) is 2. The van der Waals surface area contributed by atoms with Gasteiger partial charge < -0.3 is 10.1 Å². The second-order valence-electron chi connectivity index (χ2n) is 6.77. The lowest BCUT2D eigenvalue weighted by molar-refractivity contribution is 0.196. The van der Waals surface area contributed by atoms with Crippen LogP contribution in [0.4, 0.5) is 0 Å². The van der Waals surface area contributed by atoms with Crippen LogP contribution in [0, 0.1) is 18.3 Å². The average molecular weight is 275 g/mol. The minimum atomic E-state index is 0.396. The zero-order valence-electron chi connectivity index (χ0n) is 13.6. The molecule has 1 fully saturated rings. The Bertz CT molecular complexity index is 453. The van der Waals surface area contributed by atoms with Crippen LogP contribution in [0.3, 0.4) is 0 Å². The summed E-state index contributed by atoms with van der Waals surface area (Å²) >= 11 is 0. The van der Waals surface area contributed by atoms with Crippen molar-refractivity contribution in [1.29, 1.82) is 0 Å². The van der Waals surface area contributed by atoms with Crippen LogP contribution < -0.4 is 10.1 Å². The summed E-state index contributed by atoms with van der Waals surface area (Å²) in [6.07, 6.45) is 3.98. The first-order valence-corrected chi connectivity index (χ1v) is 7.87. The van der Waals surface area contributed by atoms with Gasteiger partial charge in [0.25, 0.3) is 0 Å². The van der Waals surface area contributed by atoms with Gasteiger partial charge in [-0.15, -0.1) is 0 Å². The van der Waals surface area contributed by atoms with Gasteiger partial charge in [0, 0.05) is 11.6 Å². The molecule has 20 heavy (non-hydrogen) atoms. The predicted molar refractivity (Wildman–Crippen MR) is 85.3 cm³/mol. The molecule has 2 rings (SSSR count). The van der Waals surface area contributed by atoms with Crippen molar-refractivity contribution >= 4 is 0 Å². The number of aryl methyl sites for hydroxylation is 1. The molecule has 0 aromatic heterocycles. The summed E-state index contributed by atoms with van der Waals surface area (Å²) in [6, 6.07) is 6.93. The van der Waals surface area contributed by atoms with Gasteiger partial charge in [-0.3, -0.25) is 0 Å². The third kappa shape index (κ3) is 3.01. The van der Waals surface area contributed by atoms with E-state index in [2.05, 4.69) is 51.2 Å². The second kappa shape index (κ2) is 6.17. The van der Waals surface area contributed by atoms with Crippen LogP contribution in [0.1, 0.15) is 57.2 Å². The van der Waals surface area contributed by atoms with Crippen molar-refractivity contribution in [2.75, 3.05) is 13.7 Å². The third-order valence-corrected chi connectivity index (χ3v) is 4.89. The fourth-order valence-corrected chi connectivity index (χ4v) is 3.76. The lowest BCUT2D eigenvalue weighted by atomic mass is 9.75. The Balaban J connectivity index is 2.40. The SMILES string of the molecule is CCNC(c1cc(C)ccc1OC)C1CCCC1(C)C. The Morgan fingerprint density at radius 1 is 1.40 bits per heavy atom. The van der Waals surface area contributed by atoms with Crippen molar-refractivity contribution in [3.05, 3.63) is 29.3 Å². The van der Waals surface area contributed by atoms with Crippen molar-refractivity contribution < 1.29 is 4.74 Å². The molecule has 0 aliphatic heterocycles. The number of methoxy groups -OCH3 is 1. The van der Waals surface area contributed by atoms with Crippen LogP contribution >= 0.6 is 0 Å². The first kappa shape index (κ1) is 15.4. The van der Waals surface area contributed by atoms with E-state index >= 15 is 0 Å². The molecule has 2 heteroatoms. The normalized spacial score (nSPS) is 22.8. The van der Waals surface area contributed by atoms with E-state index in [0.717, 1.165) is 12.3 Å². The quantitative estimate of drug-likeness (QED) is 0.855. The van der Waals surface area contributed by atoms with Crippen molar-refractivity contribution in [2.24, 2.45) is 11.3 Å². The maximum atomic E-state index is 5.62. The van der Waals surface area contributed by atoms with Crippen LogP contribution in [0.2, 0.25) is 0 Å². The molecule has 2 nitrogen and oxygen atoms in total. The number of hydrogen-bond donors (Lipinski definition) is 1. The molecule has 1 N–H and O–H groups in total. The second-order valence-corrected chi connectivity index (χ2v) is 6.77. The Hall–Kier alpha value is -1.02. The van der Waals surface area contributed by atoms with Gasteiger partial charge in [-0.1, -0.05) is 44.9 Å². The molecule has 1 aromatic rings. The van der Waals surface area contributed by atoms with Gasteiger partial charge in [-0.25, -0.2) is 0 Å². The van der Waals surface area contributed by atoms with E-state index < -0.39 is 0 Å². The van der Waals surface area contributed by atoms with E-state index in [4.69, 9.17) is 4.74 Å². The van der Waals surface area contributed by atoms with E-state index in [1.54, 1.807) is 7.11 Å². The van der Waals surface area contributed by atoms with Gasteiger partial charge in [0.05, 0.1) is 7.11 Å². The topological polar surface area (TPSA) is 21.3 Å². The van der Waals surface area contributed by atoms with Crippen LogP contribution in [0.5, 0.6) is 5.75 Å². The van der Waals surface area contributed by atoms with Crippen molar-refractivity contribution in [3.8, 4) is 5.75 Å². The van der Waals surface area contributed by atoms with Gasteiger partial charge in [0.2, 0.25) is 0 Å². The predicted octanol–water partition coefficient (Wildman–Crippen LogP) is 4.48. The molecular weight excluding hydrogens is 246 g/mol. The Labute approximate surface area is 123 Å². The molecule has 0 spiro atoms. The van der Waals surface area contributed by atoms with E-state index in [9.17, 15) is 0 Å². The highest BCUT2D eigenvalue weighted by Gasteiger charge is 2.40. The summed E-state index contributed by atoms with van der Waals surface area (Å²) in [5, 5.41) is 3.72. The molecule has 1 saturated carbocycles. The number of ether oxygens (including phenoxy) is 1. The third-order valence-electron chi connectivity index (χ3n) is 4.89. The lowest BCUT2D eigenvalue weighted by Crippen LogP contribution is -2.34. The fraction of sp³-hybridized carbons (Fsp3) is 0.667. The first-order chi connectivity index (χ1) is 9.49. The maximum absolute atomic E-state index is 5.62. The molecule has 0 bridgehead atoms. The van der Waals surface area contributed by atoms with Crippen molar-refractivity contribution in [2.45, 2.75) is 53.0 Å². The van der Waals surface area contributed by atoms with E-state index in [-0.39, 0.29) is 0 Å². The number of nitrogens with one attached hydrogen (secondary N) is 1. The molecule has 1 aromatic carbocycles. The summed E-state index contributed by atoms with van der Waals surface area (Å²) in [4.78, 5) is 0. The molecule has 1 aliphatic carbocycles. The zero-order valence-corrected chi connectivity index (χ0v) is 13.6. The van der Waals surface area contributed by atoms with E-state index in [1.165, 1.54) is 30.4 Å². The maximum Gasteiger partial charge on any atom is 0.123 e. The number of benzene rings is 1. The Morgan fingerprint density at radius 3 is 2.70 bits per heavy atom. The minimum absolute atomic E-state index is 0.396. The van der Waals surface area contributed by atoms with Gasteiger partial charge in [0.15, 0.2) is 0 Å². The Kier molecular flexibility index (Phi) is 4.74. The summed E-state index contributed by atoms with van der Waals surface area (Å²) < 4.78 is 5.62. The van der Waals surface area contributed by atoms with E-state index in [1.807, 2.05) is 0 Å². The van der Waals surface area contributed by atoms with E-state index in [0.29, 0.717) is 17.4 Å². The molecule has 0 saturated heterocycles. The van der Waals surface area contributed by atoms with Crippen molar-refractivity contribution in [3.63, 3.8) is 0 Å². The smallest absolute Gasteiger partial charge is 0.123 e. The molecule has 0 heterocycles. The van der Waals surface area contributed by atoms with Crippen LogP contribution in [-0.4, -0.2) is 13.7 Å². The zero-order chi connectivity index (χ0) is 14.8. The number of rotatable bonds is 5. The minimum Gasteiger partial charge on any atom is -0.496 e. The molecular formula is C18H29NO. The highest BCUT2D eigenvalue weighted by atomic mass is 16.5. The van der Waals surface area contributed by atoms with Gasteiger partial charge in [0.1, 0.15) is 5.75 Å². The molecule has 2 unspecified atom stereocenters. The summed E-state index contributed by atoms with van der Waals surface area (Å²) in [7, 11) is 1.77. The summed E-state index contributed by atoms with van der Waals surface area (Å²) in [5.41, 5.74) is 3.04. The average Bonchev–Trinajstić information content (AvgIpc) is 2.75.